The SMILES string of the molecule is CN1C(=O)C(SCCO)=C(c2ccccc2)C1=O. The molecule has 1 aromatic rings. The van der Waals surface area contributed by atoms with Gasteiger partial charge in [-0.2, -0.15) is 0 Å². The molecule has 0 saturated heterocycles. The minimum absolute atomic E-state index is 0.0264. The summed E-state index contributed by atoms with van der Waals surface area (Å²) in [5, 5.41) is 8.85. The van der Waals surface area contributed by atoms with Gasteiger partial charge in [0.1, 0.15) is 0 Å². The van der Waals surface area contributed by atoms with E-state index in [1.54, 1.807) is 12.1 Å². The van der Waals surface area contributed by atoms with Crippen molar-refractivity contribution in [3.63, 3.8) is 0 Å². The van der Waals surface area contributed by atoms with Crippen molar-refractivity contribution >= 4 is 29.1 Å². The Labute approximate surface area is 109 Å². The van der Waals surface area contributed by atoms with Crippen LogP contribution in [0, 0.1) is 0 Å². The van der Waals surface area contributed by atoms with Crippen LogP contribution in [0.4, 0.5) is 0 Å². The maximum atomic E-state index is 12.1. The zero-order valence-electron chi connectivity index (χ0n) is 9.92. The van der Waals surface area contributed by atoms with Crippen LogP contribution in [0.25, 0.3) is 5.57 Å². The molecule has 0 aliphatic carbocycles. The topological polar surface area (TPSA) is 57.6 Å². The number of likely N-dealkylation sites (N-methyl/N-ethyl adjacent to an activating group) is 1. The number of hydrogen-bond acceptors (Lipinski definition) is 4. The second kappa shape index (κ2) is 5.37. The Kier molecular flexibility index (Phi) is 3.84. The highest BCUT2D eigenvalue weighted by Gasteiger charge is 2.36. The average molecular weight is 263 g/mol. The molecule has 1 aliphatic heterocycles. The molecule has 1 aliphatic rings. The normalized spacial score (nSPS) is 15.8. The number of amides is 2. The summed E-state index contributed by atoms with van der Waals surface area (Å²) in [6.07, 6.45) is 0. The zero-order chi connectivity index (χ0) is 13.1. The highest BCUT2D eigenvalue weighted by atomic mass is 32.2. The number of rotatable bonds is 4. The fourth-order valence-corrected chi connectivity index (χ4v) is 2.66. The van der Waals surface area contributed by atoms with Gasteiger partial charge >= 0.3 is 0 Å². The lowest BCUT2D eigenvalue weighted by molar-refractivity contribution is -0.134. The molecule has 4 nitrogen and oxygen atoms in total. The predicted molar refractivity (Wildman–Crippen MR) is 70.7 cm³/mol. The summed E-state index contributed by atoms with van der Waals surface area (Å²) in [5.41, 5.74) is 1.17. The van der Waals surface area contributed by atoms with Crippen LogP contribution >= 0.6 is 11.8 Å². The second-order valence-electron chi connectivity index (χ2n) is 3.81. The van der Waals surface area contributed by atoms with E-state index in [0.29, 0.717) is 16.2 Å². The van der Waals surface area contributed by atoms with Crippen molar-refractivity contribution in [3.8, 4) is 0 Å². The van der Waals surface area contributed by atoms with Gasteiger partial charge in [0.05, 0.1) is 17.1 Å². The maximum Gasteiger partial charge on any atom is 0.267 e. The quantitative estimate of drug-likeness (QED) is 0.827. The predicted octanol–water partition coefficient (Wildman–Crippen LogP) is 1.12. The van der Waals surface area contributed by atoms with Gasteiger partial charge in [0.25, 0.3) is 11.8 Å². The number of imide groups is 1. The minimum atomic E-state index is -0.294. The lowest BCUT2D eigenvalue weighted by Gasteiger charge is -2.06. The smallest absolute Gasteiger partial charge is 0.267 e. The van der Waals surface area contributed by atoms with Gasteiger partial charge < -0.3 is 5.11 Å². The van der Waals surface area contributed by atoms with Crippen LogP contribution < -0.4 is 0 Å². The summed E-state index contributed by atoms with van der Waals surface area (Å²) in [5.74, 6) is -0.178. The van der Waals surface area contributed by atoms with Crippen molar-refractivity contribution in [2.75, 3.05) is 19.4 Å². The minimum Gasteiger partial charge on any atom is -0.396 e. The van der Waals surface area contributed by atoms with Crippen molar-refractivity contribution < 1.29 is 14.7 Å². The lowest BCUT2D eigenvalue weighted by atomic mass is 10.1. The summed E-state index contributed by atoms with van der Waals surface area (Å²) in [6, 6.07) is 9.12. The first-order valence-corrected chi connectivity index (χ1v) is 6.51. The first kappa shape index (κ1) is 12.9. The third-order valence-corrected chi connectivity index (χ3v) is 3.70. The van der Waals surface area contributed by atoms with Crippen LogP contribution in [0.15, 0.2) is 35.2 Å². The summed E-state index contributed by atoms with van der Waals surface area (Å²) >= 11 is 1.22. The van der Waals surface area contributed by atoms with Gasteiger partial charge in [-0.05, 0) is 5.56 Å². The number of carbonyl (C=O) groups is 2. The van der Waals surface area contributed by atoms with Crippen molar-refractivity contribution in [3.05, 3.63) is 40.8 Å². The van der Waals surface area contributed by atoms with E-state index in [-0.39, 0.29) is 18.4 Å². The highest BCUT2D eigenvalue weighted by Crippen LogP contribution is 2.34. The first-order valence-electron chi connectivity index (χ1n) is 5.52. The Hall–Kier alpha value is -1.59. The van der Waals surface area contributed by atoms with E-state index in [1.807, 2.05) is 18.2 Å². The number of thioether (sulfide) groups is 1. The average Bonchev–Trinajstić information content (AvgIpc) is 2.62. The molecule has 1 aromatic carbocycles. The van der Waals surface area contributed by atoms with Crippen LogP contribution in [0.2, 0.25) is 0 Å². The molecule has 0 unspecified atom stereocenters. The van der Waals surface area contributed by atoms with E-state index in [9.17, 15) is 9.59 Å². The number of carbonyl (C=O) groups excluding carboxylic acids is 2. The number of aliphatic hydroxyl groups is 1. The van der Waals surface area contributed by atoms with E-state index >= 15 is 0 Å². The first-order chi connectivity index (χ1) is 8.66. The molecule has 0 spiro atoms. The third kappa shape index (κ3) is 2.19. The fraction of sp³-hybridized carbons (Fsp3) is 0.231. The number of nitrogens with zero attached hydrogens (tertiary/aromatic N) is 1. The van der Waals surface area contributed by atoms with Gasteiger partial charge in [0.15, 0.2) is 0 Å². The third-order valence-electron chi connectivity index (χ3n) is 2.64. The summed E-state index contributed by atoms with van der Waals surface area (Å²) in [6.45, 7) is -0.0264. The molecule has 1 heterocycles. The number of hydrogen-bond donors (Lipinski definition) is 1. The van der Waals surface area contributed by atoms with Gasteiger partial charge in [-0.3, -0.25) is 14.5 Å². The standard InChI is InChI=1S/C13H13NO3S/c1-14-12(16)10(9-5-3-2-4-6-9)11(13(14)17)18-8-7-15/h2-6,15H,7-8H2,1H3. The summed E-state index contributed by atoms with van der Waals surface area (Å²) in [4.78, 5) is 25.5. The van der Waals surface area contributed by atoms with Gasteiger partial charge in [-0.1, -0.05) is 30.3 Å². The zero-order valence-corrected chi connectivity index (χ0v) is 10.7. The molecule has 0 bridgehead atoms. The van der Waals surface area contributed by atoms with E-state index in [4.69, 9.17) is 5.11 Å². The van der Waals surface area contributed by atoms with Crippen LogP contribution in [-0.2, 0) is 9.59 Å². The highest BCUT2D eigenvalue weighted by molar-refractivity contribution is 8.04. The Morgan fingerprint density at radius 2 is 1.83 bits per heavy atom. The Morgan fingerprint density at radius 3 is 2.44 bits per heavy atom. The second-order valence-corrected chi connectivity index (χ2v) is 4.92. The van der Waals surface area contributed by atoms with Gasteiger partial charge in [0.2, 0.25) is 0 Å². The molecule has 0 radical (unpaired) electrons. The maximum absolute atomic E-state index is 12.1. The number of aliphatic hydroxyl groups excluding tert-OH is 1. The van der Waals surface area contributed by atoms with Gasteiger partial charge in [0, 0.05) is 12.8 Å². The Balaban J connectivity index is 2.46. The van der Waals surface area contributed by atoms with Crippen molar-refractivity contribution in [1.29, 1.82) is 0 Å². The number of benzene rings is 1. The van der Waals surface area contributed by atoms with Crippen LogP contribution in [0.3, 0.4) is 0 Å². The molecule has 0 aromatic heterocycles. The molecule has 2 amide bonds. The van der Waals surface area contributed by atoms with Gasteiger partial charge in [-0.25, -0.2) is 0 Å². The van der Waals surface area contributed by atoms with E-state index in [0.717, 1.165) is 10.5 Å². The molecule has 18 heavy (non-hydrogen) atoms. The Bertz CT molecular complexity index is 510. The summed E-state index contributed by atoms with van der Waals surface area (Å²) < 4.78 is 0. The van der Waals surface area contributed by atoms with Crippen molar-refractivity contribution in [2.45, 2.75) is 0 Å². The molecule has 0 atom stereocenters. The van der Waals surface area contributed by atoms with Crippen molar-refractivity contribution in [1.82, 2.24) is 4.90 Å². The fourth-order valence-electron chi connectivity index (χ4n) is 1.76. The largest absolute Gasteiger partial charge is 0.396 e. The molecule has 1 N–H and O–H groups in total. The van der Waals surface area contributed by atoms with Crippen LogP contribution in [0.1, 0.15) is 5.56 Å². The molecule has 2 rings (SSSR count). The van der Waals surface area contributed by atoms with E-state index in [1.165, 1.54) is 18.8 Å². The van der Waals surface area contributed by atoms with E-state index < -0.39 is 0 Å². The monoisotopic (exact) mass is 263 g/mol. The van der Waals surface area contributed by atoms with Gasteiger partial charge in [-0.15, -0.1) is 11.8 Å². The molecule has 0 saturated carbocycles. The van der Waals surface area contributed by atoms with Crippen LogP contribution in [0.5, 0.6) is 0 Å². The molecule has 94 valence electrons. The summed E-state index contributed by atoms with van der Waals surface area (Å²) in [7, 11) is 1.47. The molecule has 0 fully saturated rings. The molecule has 5 heteroatoms. The molecular formula is C13H13NO3S. The molecular weight excluding hydrogens is 250 g/mol. The van der Waals surface area contributed by atoms with E-state index in [2.05, 4.69) is 0 Å². The lowest BCUT2D eigenvalue weighted by Crippen LogP contribution is -2.26. The van der Waals surface area contributed by atoms with Crippen LogP contribution in [-0.4, -0.2) is 41.2 Å². The van der Waals surface area contributed by atoms with Crippen molar-refractivity contribution in [2.24, 2.45) is 0 Å². The Morgan fingerprint density at radius 1 is 1.17 bits per heavy atom.